The summed E-state index contributed by atoms with van der Waals surface area (Å²) in [5.74, 6) is -0.311. The predicted octanol–water partition coefficient (Wildman–Crippen LogP) is 6.72. The standard InChI is InChI=1S/C18H33ClO2/c1-2-3-4-5-6-7-8-9-10-11-12-13-14-15-16-17-18(20)21-19/h9-10H,2-8,11-17H2,1H3/b10-9-. The maximum Gasteiger partial charge on any atom is 0.324 e. The first-order chi connectivity index (χ1) is 10.3. The molecular formula is C18H33ClO2. The van der Waals surface area contributed by atoms with Crippen LogP contribution in [0.2, 0.25) is 0 Å². The van der Waals surface area contributed by atoms with Crippen molar-refractivity contribution in [1.82, 2.24) is 0 Å². The molecule has 0 unspecified atom stereocenters. The van der Waals surface area contributed by atoms with Gasteiger partial charge in [0.1, 0.15) is 11.9 Å². The SMILES string of the molecule is CCCCCCCC/C=C\CCCCCCCC(=O)OCl. The van der Waals surface area contributed by atoms with Gasteiger partial charge in [0.15, 0.2) is 0 Å². The molecule has 0 atom stereocenters. The zero-order valence-corrected chi connectivity index (χ0v) is 14.5. The van der Waals surface area contributed by atoms with Gasteiger partial charge in [-0.15, -0.1) is 0 Å². The fourth-order valence-electron chi connectivity index (χ4n) is 2.38. The van der Waals surface area contributed by atoms with Gasteiger partial charge in [-0.05, 0) is 32.1 Å². The quantitative estimate of drug-likeness (QED) is 0.247. The van der Waals surface area contributed by atoms with Gasteiger partial charge in [-0.25, -0.2) is 0 Å². The molecule has 0 aromatic heterocycles. The lowest BCUT2D eigenvalue weighted by molar-refractivity contribution is -0.134. The smallest absolute Gasteiger partial charge is 0.324 e. The lowest BCUT2D eigenvalue weighted by Crippen LogP contribution is -1.95. The Hall–Kier alpha value is -0.500. The third-order valence-corrected chi connectivity index (χ3v) is 3.90. The second-order valence-electron chi connectivity index (χ2n) is 5.78. The molecule has 0 saturated heterocycles. The summed E-state index contributed by atoms with van der Waals surface area (Å²) in [6.45, 7) is 2.26. The van der Waals surface area contributed by atoms with Crippen LogP contribution in [-0.4, -0.2) is 5.97 Å². The van der Waals surface area contributed by atoms with Gasteiger partial charge in [0, 0.05) is 6.42 Å². The summed E-state index contributed by atoms with van der Waals surface area (Å²) in [6, 6.07) is 0. The van der Waals surface area contributed by atoms with E-state index in [4.69, 9.17) is 11.9 Å². The highest BCUT2D eigenvalue weighted by atomic mass is 35.5. The molecule has 0 fully saturated rings. The molecule has 3 heteroatoms. The average Bonchev–Trinajstić information content (AvgIpc) is 2.50. The number of carbonyl (C=O) groups excluding carboxylic acids is 1. The summed E-state index contributed by atoms with van der Waals surface area (Å²) in [4.78, 5) is 10.8. The number of halogens is 1. The highest BCUT2D eigenvalue weighted by molar-refractivity contribution is 6.13. The van der Waals surface area contributed by atoms with Crippen LogP contribution in [0.3, 0.4) is 0 Å². The van der Waals surface area contributed by atoms with E-state index >= 15 is 0 Å². The van der Waals surface area contributed by atoms with Crippen LogP contribution in [0.15, 0.2) is 12.2 Å². The monoisotopic (exact) mass is 316 g/mol. The van der Waals surface area contributed by atoms with E-state index < -0.39 is 0 Å². The van der Waals surface area contributed by atoms with Crippen LogP contribution in [-0.2, 0) is 9.08 Å². The second-order valence-corrected chi connectivity index (χ2v) is 5.94. The van der Waals surface area contributed by atoms with Crippen LogP contribution in [0.5, 0.6) is 0 Å². The molecule has 0 aliphatic heterocycles. The Morgan fingerprint density at radius 1 is 0.810 bits per heavy atom. The Morgan fingerprint density at radius 3 is 1.81 bits per heavy atom. The van der Waals surface area contributed by atoms with Gasteiger partial charge in [0.25, 0.3) is 0 Å². The van der Waals surface area contributed by atoms with Crippen molar-refractivity contribution in [3.8, 4) is 0 Å². The summed E-state index contributed by atoms with van der Waals surface area (Å²) in [6.07, 6.45) is 21.5. The Kier molecular flexibility index (Phi) is 17.1. The van der Waals surface area contributed by atoms with Crippen LogP contribution in [0, 0.1) is 0 Å². The summed E-state index contributed by atoms with van der Waals surface area (Å²) in [5, 5.41) is 0. The van der Waals surface area contributed by atoms with Crippen LogP contribution < -0.4 is 0 Å². The minimum atomic E-state index is -0.311. The molecule has 0 spiro atoms. The number of carbonyl (C=O) groups is 1. The van der Waals surface area contributed by atoms with Crippen molar-refractivity contribution in [1.29, 1.82) is 0 Å². The first-order valence-electron chi connectivity index (χ1n) is 8.77. The van der Waals surface area contributed by atoms with E-state index in [0.717, 1.165) is 12.8 Å². The highest BCUT2D eigenvalue weighted by Gasteiger charge is 2.00. The van der Waals surface area contributed by atoms with E-state index in [0.29, 0.717) is 6.42 Å². The van der Waals surface area contributed by atoms with Gasteiger partial charge < -0.3 is 4.29 Å². The van der Waals surface area contributed by atoms with Crippen molar-refractivity contribution < 1.29 is 9.08 Å². The Bertz CT molecular complexity index is 252. The Balaban J connectivity index is 3.10. The molecule has 0 N–H and O–H groups in total. The first kappa shape index (κ1) is 20.5. The number of allylic oxidation sites excluding steroid dienone is 2. The van der Waals surface area contributed by atoms with Gasteiger partial charge in [0.05, 0.1) is 0 Å². The lowest BCUT2D eigenvalue weighted by Gasteiger charge is -1.99. The van der Waals surface area contributed by atoms with E-state index in [-0.39, 0.29) is 5.97 Å². The third kappa shape index (κ3) is 17.4. The summed E-state index contributed by atoms with van der Waals surface area (Å²) in [7, 11) is 0. The van der Waals surface area contributed by atoms with Crippen LogP contribution in [0.4, 0.5) is 0 Å². The summed E-state index contributed by atoms with van der Waals surface area (Å²) >= 11 is 4.96. The van der Waals surface area contributed by atoms with E-state index in [1.54, 1.807) is 0 Å². The van der Waals surface area contributed by atoms with E-state index in [1.807, 2.05) is 0 Å². The molecule has 0 aliphatic rings. The zero-order valence-electron chi connectivity index (χ0n) is 13.7. The molecule has 0 rings (SSSR count). The highest BCUT2D eigenvalue weighted by Crippen LogP contribution is 2.10. The molecular weight excluding hydrogens is 284 g/mol. The van der Waals surface area contributed by atoms with Crippen molar-refractivity contribution >= 4 is 17.8 Å². The maximum absolute atomic E-state index is 10.8. The molecule has 21 heavy (non-hydrogen) atoms. The van der Waals surface area contributed by atoms with Gasteiger partial charge in [-0.1, -0.05) is 70.4 Å². The van der Waals surface area contributed by atoms with Gasteiger partial charge >= 0.3 is 5.97 Å². The molecule has 2 nitrogen and oxygen atoms in total. The molecule has 0 bridgehead atoms. The van der Waals surface area contributed by atoms with Crippen molar-refractivity contribution in [2.75, 3.05) is 0 Å². The van der Waals surface area contributed by atoms with E-state index in [9.17, 15) is 4.79 Å². The van der Waals surface area contributed by atoms with Crippen LogP contribution >= 0.6 is 11.9 Å². The number of hydrogen-bond donors (Lipinski definition) is 0. The van der Waals surface area contributed by atoms with Crippen molar-refractivity contribution in [2.45, 2.75) is 96.8 Å². The number of hydrogen-bond acceptors (Lipinski definition) is 2. The average molecular weight is 317 g/mol. The first-order valence-corrected chi connectivity index (χ1v) is 9.08. The molecule has 0 aliphatic carbocycles. The molecule has 0 radical (unpaired) electrons. The largest absolute Gasteiger partial charge is 0.348 e. The molecule has 0 aromatic carbocycles. The maximum atomic E-state index is 10.8. The lowest BCUT2D eigenvalue weighted by atomic mass is 10.1. The minimum absolute atomic E-state index is 0.311. The Labute approximate surface area is 136 Å². The van der Waals surface area contributed by atoms with Gasteiger partial charge in [0.2, 0.25) is 0 Å². The third-order valence-electron chi connectivity index (χ3n) is 3.73. The summed E-state index contributed by atoms with van der Waals surface area (Å²) < 4.78 is 4.09. The zero-order chi connectivity index (χ0) is 15.6. The van der Waals surface area contributed by atoms with Gasteiger partial charge in [-0.3, -0.25) is 4.79 Å². The minimum Gasteiger partial charge on any atom is -0.348 e. The van der Waals surface area contributed by atoms with Gasteiger partial charge in [-0.2, -0.15) is 0 Å². The summed E-state index contributed by atoms with van der Waals surface area (Å²) in [5.41, 5.74) is 0. The molecule has 0 amide bonds. The normalized spacial score (nSPS) is 11.1. The van der Waals surface area contributed by atoms with Crippen LogP contribution in [0.1, 0.15) is 96.8 Å². The van der Waals surface area contributed by atoms with E-state index in [2.05, 4.69) is 23.4 Å². The molecule has 124 valence electrons. The van der Waals surface area contributed by atoms with Crippen molar-refractivity contribution in [3.63, 3.8) is 0 Å². The number of rotatable bonds is 15. The fourth-order valence-corrected chi connectivity index (χ4v) is 2.46. The van der Waals surface area contributed by atoms with Crippen molar-refractivity contribution in [2.24, 2.45) is 0 Å². The van der Waals surface area contributed by atoms with Crippen molar-refractivity contribution in [3.05, 3.63) is 12.2 Å². The fraction of sp³-hybridized carbons (Fsp3) is 0.833. The van der Waals surface area contributed by atoms with Crippen LogP contribution in [0.25, 0.3) is 0 Å². The molecule has 0 heterocycles. The molecule has 0 saturated carbocycles. The second kappa shape index (κ2) is 17.6. The van der Waals surface area contributed by atoms with E-state index in [1.165, 1.54) is 70.6 Å². The topological polar surface area (TPSA) is 26.3 Å². The Morgan fingerprint density at radius 2 is 1.29 bits per heavy atom. The predicted molar refractivity (Wildman–Crippen MR) is 91.4 cm³/mol. The molecule has 0 aromatic rings. The number of unbranched alkanes of at least 4 members (excludes halogenated alkanes) is 11.